The average molecular weight is 604 g/mol. The van der Waals surface area contributed by atoms with Gasteiger partial charge in [-0.2, -0.15) is 5.10 Å². The lowest BCUT2D eigenvalue weighted by Crippen LogP contribution is -2.37. The number of carbonyl (C=O) groups excluding carboxylic acids is 2. The summed E-state index contributed by atoms with van der Waals surface area (Å²) in [6, 6.07) is 4.60. The summed E-state index contributed by atoms with van der Waals surface area (Å²) in [6.07, 6.45) is 2.16. The lowest BCUT2D eigenvalue weighted by atomic mass is 10.0. The maximum absolute atomic E-state index is 13.8. The Morgan fingerprint density at radius 3 is 2.37 bits per heavy atom. The van der Waals surface area contributed by atoms with E-state index in [1.165, 1.54) is 17.2 Å². The molecule has 2 heterocycles. The van der Waals surface area contributed by atoms with Gasteiger partial charge in [0.15, 0.2) is 0 Å². The third-order valence-electron chi connectivity index (χ3n) is 6.57. The van der Waals surface area contributed by atoms with Crippen LogP contribution in [-0.4, -0.2) is 62.0 Å². The highest BCUT2D eigenvalue weighted by Gasteiger charge is 2.34. The molecule has 1 fully saturated rings. The maximum Gasteiger partial charge on any atom is 0.420 e. The van der Waals surface area contributed by atoms with Gasteiger partial charge in [-0.3, -0.25) is 0 Å². The van der Waals surface area contributed by atoms with Crippen molar-refractivity contribution >= 4 is 23.7 Å². The van der Waals surface area contributed by atoms with Gasteiger partial charge in [0, 0.05) is 30.3 Å². The van der Waals surface area contributed by atoms with Gasteiger partial charge in [0.25, 0.3) is 0 Å². The minimum atomic E-state index is -2.13. The summed E-state index contributed by atoms with van der Waals surface area (Å²) in [5.41, 5.74) is -0.821. The summed E-state index contributed by atoms with van der Waals surface area (Å²) < 4.78 is 35.5. The van der Waals surface area contributed by atoms with Crippen molar-refractivity contribution in [3.63, 3.8) is 0 Å². The number of rotatable bonds is 9. The van der Waals surface area contributed by atoms with Crippen LogP contribution in [0.25, 0.3) is 0 Å². The molecule has 3 atom stereocenters. The van der Waals surface area contributed by atoms with E-state index >= 15 is 0 Å². The number of aliphatic hydroxyl groups excluding tert-OH is 1. The minimum absolute atomic E-state index is 0.0280. The Balaban J connectivity index is 1.90. The molecule has 1 aliphatic carbocycles. The summed E-state index contributed by atoms with van der Waals surface area (Å²) in [5, 5.41) is 17.8. The number of alkyl carbamates (subject to hydrolysis) is 1. The highest BCUT2D eigenvalue weighted by molar-refractivity contribution is 5.95. The third-order valence-corrected chi connectivity index (χ3v) is 6.57. The van der Waals surface area contributed by atoms with Gasteiger partial charge in [-0.25, -0.2) is 24.2 Å². The fourth-order valence-corrected chi connectivity index (χ4v) is 4.68. The SMILES string of the molecule is [2H]C([2H])(CC[C@H](C)NC(=O)OC(C)(C)C)Oc1cc(N(C(=O)OC(C)(C)C)c2cc([C@H]3CC[C@@H](O)C3)nn2C(C)(C)C)ccn1. The van der Waals surface area contributed by atoms with E-state index in [1.807, 2.05) is 26.8 Å². The molecule has 1 aliphatic rings. The zero-order chi connectivity index (χ0) is 34.0. The fourth-order valence-electron chi connectivity index (χ4n) is 4.68. The summed E-state index contributed by atoms with van der Waals surface area (Å²) in [6.45, 7) is 16.2. The van der Waals surface area contributed by atoms with E-state index in [1.54, 1.807) is 59.2 Å². The molecule has 2 aromatic heterocycles. The lowest BCUT2D eigenvalue weighted by molar-refractivity contribution is 0.0503. The summed E-state index contributed by atoms with van der Waals surface area (Å²) >= 11 is 0. The van der Waals surface area contributed by atoms with Crippen LogP contribution in [0.15, 0.2) is 24.4 Å². The number of nitrogens with one attached hydrogen (secondary N) is 1. The Labute approximate surface area is 259 Å². The highest BCUT2D eigenvalue weighted by atomic mass is 16.6. The standard InChI is InChI=1S/C32H51N5O6/c1-21(34-28(39)42-31(5,6)7)12-11-17-41-26-19-23(15-16-33-26)36(29(40)43-32(8,9)10)27-20-25(22-13-14-24(38)18-22)35-37(27)30(2,3)4/h15-16,19-22,24,38H,11-14,17-18H2,1-10H3,(H,34,39)/t21-,22-,24+/m0/s1/i17D2. The van der Waals surface area contributed by atoms with Crippen molar-refractivity contribution < 1.29 is 31.6 Å². The normalized spacial score (nSPS) is 19.2. The molecule has 43 heavy (non-hydrogen) atoms. The van der Waals surface area contributed by atoms with Crippen LogP contribution in [0.3, 0.4) is 0 Å². The summed E-state index contributed by atoms with van der Waals surface area (Å²) in [4.78, 5) is 31.5. The topological polar surface area (TPSA) is 128 Å². The molecular weight excluding hydrogens is 550 g/mol. The molecule has 2 N–H and O–H groups in total. The zero-order valence-corrected chi connectivity index (χ0v) is 27.4. The van der Waals surface area contributed by atoms with Crippen LogP contribution < -0.4 is 15.0 Å². The third kappa shape index (κ3) is 10.4. The molecule has 1 saturated carbocycles. The Hall–Kier alpha value is -3.34. The van der Waals surface area contributed by atoms with E-state index in [-0.39, 0.29) is 36.8 Å². The predicted molar refractivity (Wildman–Crippen MR) is 166 cm³/mol. The summed E-state index contributed by atoms with van der Waals surface area (Å²) in [7, 11) is 0. The van der Waals surface area contributed by atoms with Crippen molar-refractivity contribution in [1.82, 2.24) is 20.1 Å². The van der Waals surface area contributed by atoms with Crippen LogP contribution in [0.1, 0.15) is 116 Å². The Bertz CT molecular complexity index is 1330. The van der Waals surface area contributed by atoms with Crippen molar-refractivity contribution in [2.75, 3.05) is 11.5 Å². The van der Waals surface area contributed by atoms with Crippen molar-refractivity contribution in [2.24, 2.45) is 0 Å². The van der Waals surface area contributed by atoms with Crippen LogP contribution in [0.4, 0.5) is 21.1 Å². The average Bonchev–Trinajstić information content (AvgIpc) is 3.47. The molecule has 11 nitrogen and oxygen atoms in total. The number of hydrogen-bond acceptors (Lipinski definition) is 8. The highest BCUT2D eigenvalue weighted by Crippen LogP contribution is 2.39. The van der Waals surface area contributed by atoms with Crippen LogP contribution >= 0.6 is 0 Å². The first-order valence-corrected chi connectivity index (χ1v) is 15.0. The van der Waals surface area contributed by atoms with Crippen molar-refractivity contribution in [3.8, 4) is 5.88 Å². The van der Waals surface area contributed by atoms with E-state index in [0.29, 0.717) is 24.3 Å². The largest absolute Gasteiger partial charge is 0.478 e. The van der Waals surface area contributed by atoms with Crippen molar-refractivity contribution in [1.29, 1.82) is 0 Å². The second kappa shape index (κ2) is 13.5. The van der Waals surface area contributed by atoms with Gasteiger partial charge < -0.3 is 24.6 Å². The van der Waals surface area contributed by atoms with Crippen LogP contribution in [-0.2, 0) is 15.0 Å². The second-order valence-corrected chi connectivity index (χ2v) is 14.2. The van der Waals surface area contributed by atoms with Crippen LogP contribution in [0.2, 0.25) is 0 Å². The second-order valence-electron chi connectivity index (χ2n) is 14.2. The first kappa shape index (κ1) is 31.1. The van der Waals surface area contributed by atoms with Gasteiger partial charge in [0.1, 0.15) is 17.0 Å². The number of amides is 2. The number of aromatic nitrogens is 3. The van der Waals surface area contributed by atoms with Gasteiger partial charge in [-0.1, -0.05) is 0 Å². The van der Waals surface area contributed by atoms with E-state index in [4.69, 9.17) is 22.1 Å². The molecule has 240 valence electrons. The first-order valence-electron chi connectivity index (χ1n) is 16.0. The van der Waals surface area contributed by atoms with Gasteiger partial charge in [0.2, 0.25) is 5.88 Å². The van der Waals surface area contributed by atoms with E-state index in [2.05, 4.69) is 10.3 Å². The molecule has 0 saturated heterocycles. The van der Waals surface area contributed by atoms with Gasteiger partial charge >= 0.3 is 12.2 Å². The smallest absolute Gasteiger partial charge is 0.420 e. The Morgan fingerprint density at radius 2 is 1.79 bits per heavy atom. The van der Waals surface area contributed by atoms with E-state index < -0.39 is 35.5 Å². The maximum atomic E-state index is 13.8. The van der Waals surface area contributed by atoms with Crippen molar-refractivity contribution in [3.05, 3.63) is 30.1 Å². The lowest BCUT2D eigenvalue weighted by Gasteiger charge is -2.30. The number of aliphatic hydroxyl groups is 1. The van der Waals surface area contributed by atoms with Gasteiger partial charge in [-0.15, -0.1) is 0 Å². The molecule has 0 unspecified atom stereocenters. The van der Waals surface area contributed by atoms with Gasteiger partial charge in [-0.05, 0) is 107 Å². The van der Waals surface area contributed by atoms with Crippen molar-refractivity contribution in [2.45, 2.75) is 136 Å². The number of ether oxygens (including phenoxy) is 3. The number of carbonyl (C=O) groups is 2. The molecule has 0 radical (unpaired) electrons. The monoisotopic (exact) mass is 603 g/mol. The molecule has 11 heteroatoms. The fraction of sp³-hybridized carbons (Fsp3) is 0.688. The molecule has 2 amide bonds. The number of pyridine rings is 1. The molecule has 0 spiro atoms. The quantitative estimate of drug-likeness (QED) is 0.320. The zero-order valence-electron chi connectivity index (χ0n) is 29.4. The van der Waals surface area contributed by atoms with Crippen LogP contribution in [0.5, 0.6) is 5.88 Å². The number of hydrogen-bond donors (Lipinski definition) is 2. The molecule has 0 aliphatic heterocycles. The summed E-state index contributed by atoms with van der Waals surface area (Å²) in [5.74, 6) is 0.494. The molecule has 3 rings (SSSR count). The first-order chi connectivity index (χ1) is 20.5. The minimum Gasteiger partial charge on any atom is -0.478 e. The Morgan fingerprint density at radius 1 is 1.12 bits per heavy atom. The molecule has 2 aromatic rings. The molecule has 0 aromatic carbocycles. The number of nitrogens with zero attached hydrogens (tertiary/aromatic N) is 4. The number of anilines is 2. The Kier molecular flexibility index (Phi) is 9.78. The van der Waals surface area contributed by atoms with Crippen LogP contribution in [0, 0.1) is 0 Å². The predicted octanol–water partition coefficient (Wildman–Crippen LogP) is 6.81. The van der Waals surface area contributed by atoms with E-state index in [0.717, 1.165) is 12.1 Å². The molecular formula is C32H51N5O6. The molecule has 0 bridgehead atoms. The van der Waals surface area contributed by atoms with E-state index in [9.17, 15) is 14.7 Å². The van der Waals surface area contributed by atoms with Gasteiger partial charge in [0.05, 0.1) is 32.3 Å².